The molecule has 0 spiro atoms. The molecule has 1 aromatic rings. The maximum atomic E-state index is 5.02. The van der Waals surface area contributed by atoms with Crippen LogP contribution in [0.4, 0.5) is 0 Å². The topological polar surface area (TPSA) is 81.5 Å². The third kappa shape index (κ3) is 6.30. The number of rotatable bonds is 4. The molecule has 0 aliphatic heterocycles. The molecule has 4 nitrogen and oxygen atoms in total. The van der Waals surface area contributed by atoms with E-state index in [9.17, 15) is 0 Å². The molecule has 0 saturated carbocycles. The summed E-state index contributed by atoms with van der Waals surface area (Å²) < 4.78 is 9.73. The quantitative estimate of drug-likeness (QED) is 0.339. The smallest absolute Gasteiger partial charge is 0.333 e. The third-order valence-electron chi connectivity index (χ3n) is 1.20. The van der Waals surface area contributed by atoms with Gasteiger partial charge in [0.2, 0.25) is 0 Å². The van der Waals surface area contributed by atoms with Gasteiger partial charge in [-0.05, 0) is 0 Å². The van der Waals surface area contributed by atoms with Gasteiger partial charge in [0.05, 0.1) is 0 Å². The van der Waals surface area contributed by atoms with Gasteiger partial charge >= 0.3 is 7.48 Å². The zero-order valence-corrected chi connectivity index (χ0v) is 7.49. The van der Waals surface area contributed by atoms with Crippen LogP contribution in [0.2, 0.25) is 0 Å². The van der Waals surface area contributed by atoms with Crippen LogP contribution in [0.1, 0.15) is 0 Å². The zero-order valence-electron chi connectivity index (χ0n) is 7.49. The van der Waals surface area contributed by atoms with Crippen LogP contribution in [-0.4, -0.2) is 32.3 Å². The Kier molecular flexibility index (Phi) is 10.4. The molecule has 0 saturated heterocycles. The molecule has 13 heavy (non-hydrogen) atoms. The largest absolute Gasteiger partial charge is 0.413 e. The first-order valence-electron chi connectivity index (χ1n) is 3.42. The van der Waals surface area contributed by atoms with Crippen LogP contribution in [0.25, 0.3) is 0 Å². The molecule has 73 valence electrons. The maximum absolute atomic E-state index is 5.02. The predicted octanol–water partition coefficient (Wildman–Crippen LogP) is -1.10. The van der Waals surface area contributed by atoms with Crippen LogP contribution in [0.15, 0.2) is 30.3 Å². The second-order valence-corrected chi connectivity index (χ2v) is 2.10. The maximum Gasteiger partial charge on any atom is 0.333 e. The minimum atomic E-state index is 0. The fourth-order valence-electron chi connectivity index (χ4n) is 0.730. The summed E-state index contributed by atoms with van der Waals surface area (Å²) in [7, 11) is 3.27. The lowest BCUT2D eigenvalue weighted by Crippen LogP contribution is -2.17. The summed E-state index contributed by atoms with van der Waals surface area (Å²) in [5.41, 5.74) is 1.05. The van der Waals surface area contributed by atoms with Gasteiger partial charge in [-0.15, -0.1) is 0 Å². The summed E-state index contributed by atoms with van der Waals surface area (Å²) >= 11 is 0. The molecule has 5 heteroatoms. The van der Waals surface area contributed by atoms with Gasteiger partial charge < -0.3 is 20.3 Å². The Morgan fingerprint density at radius 3 is 2.31 bits per heavy atom. The van der Waals surface area contributed by atoms with Crippen molar-refractivity contribution in [2.75, 3.05) is 13.9 Å². The van der Waals surface area contributed by atoms with Gasteiger partial charge in [-0.2, -0.15) is 0 Å². The summed E-state index contributed by atoms with van der Waals surface area (Å²) in [5, 5.41) is 0. The predicted molar refractivity (Wildman–Crippen MR) is 52.0 cm³/mol. The lowest BCUT2D eigenvalue weighted by Gasteiger charge is -1.99. The highest BCUT2D eigenvalue weighted by atomic mass is 16.6. The standard InChI is InChI=1S/C8H10BO2.2H2O/c1-10-7-11-9-8-5-3-2-4-6-8;;/h2-6H,7H2,1H3;2*1H2. The van der Waals surface area contributed by atoms with Crippen LogP contribution in [-0.2, 0) is 9.39 Å². The molecule has 0 amide bonds. The highest BCUT2D eigenvalue weighted by Crippen LogP contribution is 1.81. The summed E-state index contributed by atoms with van der Waals surface area (Å²) in [6.45, 7) is 0.300. The van der Waals surface area contributed by atoms with Crippen LogP contribution in [0, 0.1) is 0 Å². The molecule has 0 fully saturated rings. The van der Waals surface area contributed by atoms with E-state index in [4.69, 9.17) is 9.39 Å². The molecular weight excluding hydrogens is 171 g/mol. The first-order chi connectivity index (χ1) is 5.43. The fourth-order valence-corrected chi connectivity index (χ4v) is 0.730. The first-order valence-corrected chi connectivity index (χ1v) is 3.42. The molecule has 1 aromatic carbocycles. The number of benzene rings is 1. The average molecular weight is 185 g/mol. The fraction of sp³-hybridized carbons (Fsp3) is 0.250. The van der Waals surface area contributed by atoms with Crippen LogP contribution in [0.3, 0.4) is 0 Å². The van der Waals surface area contributed by atoms with E-state index < -0.39 is 0 Å². The lowest BCUT2D eigenvalue weighted by atomic mass is 9.89. The molecule has 0 aliphatic rings. The van der Waals surface area contributed by atoms with Crippen molar-refractivity contribution in [3.05, 3.63) is 30.3 Å². The molecule has 0 aromatic heterocycles. The van der Waals surface area contributed by atoms with Gasteiger partial charge in [0.1, 0.15) is 6.79 Å². The molecule has 4 N–H and O–H groups in total. The minimum absolute atomic E-state index is 0. The van der Waals surface area contributed by atoms with E-state index >= 15 is 0 Å². The van der Waals surface area contributed by atoms with E-state index in [0.717, 1.165) is 5.46 Å². The first kappa shape index (κ1) is 14.6. The minimum Gasteiger partial charge on any atom is -0.413 e. The van der Waals surface area contributed by atoms with Crippen molar-refractivity contribution in [2.24, 2.45) is 0 Å². The van der Waals surface area contributed by atoms with Crippen molar-refractivity contribution in [1.82, 2.24) is 0 Å². The van der Waals surface area contributed by atoms with Crippen LogP contribution >= 0.6 is 0 Å². The van der Waals surface area contributed by atoms with E-state index in [0.29, 0.717) is 6.79 Å². The Morgan fingerprint density at radius 1 is 1.15 bits per heavy atom. The van der Waals surface area contributed by atoms with Crippen LogP contribution < -0.4 is 5.46 Å². The van der Waals surface area contributed by atoms with E-state index in [1.165, 1.54) is 0 Å². The van der Waals surface area contributed by atoms with Gasteiger partial charge in [0, 0.05) is 7.11 Å². The Hall–Kier alpha value is -0.875. The van der Waals surface area contributed by atoms with Gasteiger partial charge in [-0.3, -0.25) is 0 Å². The Bertz CT molecular complexity index is 193. The summed E-state index contributed by atoms with van der Waals surface area (Å²) in [5.74, 6) is 0. The molecule has 0 unspecified atom stereocenters. The third-order valence-corrected chi connectivity index (χ3v) is 1.20. The number of hydrogen-bond donors (Lipinski definition) is 0. The molecule has 0 bridgehead atoms. The molecule has 0 atom stereocenters. The van der Waals surface area contributed by atoms with E-state index in [-0.39, 0.29) is 11.0 Å². The molecule has 0 heterocycles. The monoisotopic (exact) mass is 185 g/mol. The molecule has 1 rings (SSSR count). The van der Waals surface area contributed by atoms with E-state index in [1.807, 2.05) is 30.3 Å². The Labute approximate surface area is 78.4 Å². The van der Waals surface area contributed by atoms with Crippen molar-refractivity contribution in [3.63, 3.8) is 0 Å². The second-order valence-electron chi connectivity index (χ2n) is 2.10. The van der Waals surface area contributed by atoms with E-state index in [2.05, 4.69) is 0 Å². The van der Waals surface area contributed by atoms with Crippen molar-refractivity contribution >= 4 is 12.9 Å². The molecular formula is C8H14BO4. The highest BCUT2D eigenvalue weighted by molar-refractivity contribution is 6.46. The summed E-state index contributed by atoms with van der Waals surface area (Å²) in [4.78, 5) is 0. The zero-order chi connectivity index (χ0) is 7.94. The van der Waals surface area contributed by atoms with Crippen molar-refractivity contribution in [2.45, 2.75) is 0 Å². The van der Waals surface area contributed by atoms with E-state index in [1.54, 1.807) is 14.6 Å². The normalized spacial score (nSPS) is 8.08. The summed E-state index contributed by atoms with van der Waals surface area (Å²) in [6.07, 6.45) is 0. The molecule has 0 aliphatic carbocycles. The van der Waals surface area contributed by atoms with Crippen molar-refractivity contribution < 1.29 is 20.3 Å². The Morgan fingerprint density at radius 2 is 1.77 bits per heavy atom. The average Bonchev–Trinajstić information content (AvgIpc) is 2.07. The van der Waals surface area contributed by atoms with Crippen LogP contribution in [0.5, 0.6) is 0 Å². The number of ether oxygens (including phenoxy) is 1. The Balaban J connectivity index is 0. The van der Waals surface area contributed by atoms with Crippen molar-refractivity contribution in [3.8, 4) is 0 Å². The number of hydrogen-bond acceptors (Lipinski definition) is 2. The second kappa shape index (κ2) is 9.21. The SMILES string of the molecule is COCO[B]c1ccccc1.O.O. The van der Waals surface area contributed by atoms with Gasteiger partial charge in [-0.25, -0.2) is 0 Å². The summed E-state index contributed by atoms with van der Waals surface area (Å²) in [6, 6.07) is 9.82. The highest BCUT2D eigenvalue weighted by Gasteiger charge is 1.93. The van der Waals surface area contributed by atoms with Gasteiger partial charge in [-0.1, -0.05) is 35.8 Å². The van der Waals surface area contributed by atoms with Gasteiger partial charge in [0.15, 0.2) is 0 Å². The van der Waals surface area contributed by atoms with Crippen molar-refractivity contribution in [1.29, 1.82) is 0 Å². The molecule has 1 radical (unpaired) electrons. The lowest BCUT2D eigenvalue weighted by molar-refractivity contribution is 0.0554. The van der Waals surface area contributed by atoms with Gasteiger partial charge in [0.25, 0.3) is 0 Å². The number of methoxy groups -OCH3 is 1.